The number of hydrogen-bond donors (Lipinski definition) is 0. The lowest BCUT2D eigenvalue weighted by Gasteiger charge is -2.10. The molecule has 0 aromatic carbocycles. The molecule has 0 bridgehead atoms. The summed E-state index contributed by atoms with van der Waals surface area (Å²) in [5.74, 6) is 0.589. The third kappa shape index (κ3) is 15.2. The topological polar surface area (TPSA) is 101 Å². The minimum Gasteiger partial charge on any atom is -0.427 e. The molecule has 7 heteroatoms. The molecule has 0 radical (unpaired) electrons. The van der Waals surface area contributed by atoms with E-state index in [1.165, 1.54) is 13.8 Å². The Morgan fingerprint density at radius 3 is 1.93 bits per heavy atom. The average Bonchev–Trinajstić information content (AvgIpc) is 2.67. The number of allylic oxidation sites excluding steroid dienone is 4. The molecular weight excluding hydrogens is 346 g/mol. The van der Waals surface area contributed by atoms with E-state index in [0.29, 0.717) is 17.9 Å². The Morgan fingerprint density at radius 2 is 1.56 bits per heavy atom. The Kier molecular flexibility index (Phi) is 17.6. The van der Waals surface area contributed by atoms with Crippen LogP contribution in [0.2, 0.25) is 0 Å². The largest absolute Gasteiger partial charge is 0.427 e. The second kappa shape index (κ2) is 18.0. The highest BCUT2D eigenvalue weighted by Crippen LogP contribution is 2.14. The summed E-state index contributed by atoms with van der Waals surface area (Å²) in [5, 5.41) is 3.51. The van der Waals surface area contributed by atoms with Gasteiger partial charge in [0.2, 0.25) is 0 Å². The van der Waals surface area contributed by atoms with Gasteiger partial charge >= 0.3 is 11.9 Å². The molecule has 0 aliphatic heterocycles. The van der Waals surface area contributed by atoms with Crippen molar-refractivity contribution in [1.29, 1.82) is 0 Å². The first kappa shape index (κ1) is 26.4. The zero-order valence-electron chi connectivity index (χ0n) is 17.1. The molecule has 0 amide bonds. The minimum atomic E-state index is -0.349. The van der Waals surface area contributed by atoms with E-state index < -0.39 is 0 Å². The van der Waals surface area contributed by atoms with Crippen molar-refractivity contribution in [3.05, 3.63) is 58.4 Å². The summed E-state index contributed by atoms with van der Waals surface area (Å²) in [6.45, 7) is 10.7. The molecule has 2 aliphatic rings. The van der Waals surface area contributed by atoms with Gasteiger partial charge in [-0.1, -0.05) is 45.0 Å². The maximum absolute atomic E-state index is 10.5. The SMILES string of the molecule is CC.CC.CC(=O)OC1=CCC(N=[N+]=[N-])C=C1.CC(=O)OC1=CCCC=C1. The van der Waals surface area contributed by atoms with E-state index in [1.54, 1.807) is 18.2 Å². The van der Waals surface area contributed by atoms with E-state index in [1.807, 2.05) is 45.9 Å². The van der Waals surface area contributed by atoms with Crippen molar-refractivity contribution in [2.24, 2.45) is 5.11 Å². The first-order chi connectivity index (χ1) is 13.0. The molecular formula is C20H31N3O4. The molecule has 2 aliphatic carbocycles. The van der Waals surface area contributed by atoms with Crippen LogP contribution in [-0.2, 0) is 19.1 Å². The molecule has 0 aromatic heterocycles. The number of esters is 2. The van der Waals surface area contributed by atoms with E-state index in [4.69, 9.17) is 15.0 Å². The highest BCUT2D eigenvalue weighted by atomic mass is 16.5. The number of carbonyl (C=O) groups excluding carboxylic acids is 2. The van der Waals surface area contributed by atoms with E-state index in [-0.39, 0.29) is 18.0 Å². The molecule has 0 heterocycles. The van der Waals surface area contributed by atoms with Crippen LogP contribution in [0.5, 0.6) is 0 Å². The monoisotopic (exact) mass is 377 g/mol. The van der Waals surface area contributed by atoms with Crippen LogP contribution in [0.1, 0.15) is 60.8 Å². The van der Waals surface area contributed by atoms with E-state index in [2.05, 4.69) is 10.0 Å². The smallest absolute Gasteiger partial charge is 0.308 e. The summed E-state index contributed by atoms with van der Waals surface area (Å²) < 4.78 is 9.64. The van der Waals surface area contributed by atoms with Crippen LogP contribution in [0.15, 0.2) is 53.1 Å². The molecule has 2 rings (SSSR count). The van der Waals surface area contributed by atoms with E-state index >= 15 is 0 Å². The van der Waals surface area contributed by atoms with Crippen molar-refractivity contribution in [3.63, 3.8) is 0 Å². The van der Waals surface area contributed by atoms with Gasteiger partial charge in [-0.15, -0.1) is 0 Å². The molecule has 0 saturated carbocycles. The number of rotatable bonds is 3. The molecule has 0 aromatic rings. The Bertz CT molecular complexity index is 613. The molecule has 0 N–H and O–H groups in total. The van der Waals surface area contributed by atoms with Crippen LogP contribution in [0, 0.1) is 0 Å². The van der Waals surface area contributed by atoms with Gasteiger partial charge in [0, 0.05) is 18.8 Å². The van der Waals surface area contributed by atoms with E-state index in [0.717, 1.165) is 12.8 Å². The predicted octanol–water partition coefficient (Wildman–Crippen LogP) is 5.91. The lowest BCUT2D eigenvalue weighted by atomic mass is 10.1. The van der Waals surface area contributed by atoms with Gasteiger partial charge in [0.05, 0.1) is 6.04 Å². The fraction of sp³-hybridized carbons (Fsp3) is 0.500. The molecule has 0 saturated heterocycles. The van der Waals surface area contributed by atoms with Crippen LogP contribution in [0.4, 0.5) is 0 Å². The van der Waals surface area contributed by atoms with Gasteiger partial charge in [-0.2, -0.15) is 0 Å². The van der Waals surface area contributed by atoms with Crippen molar-refractivity contribution in [3.8, 4) is 0 Å². The van der Waals surface area contributed by atoms with Crippen LogP contribution >= 0.6 is 0 Å². The Morgan fingerprint density at radius 1 is 1.00 bits per heavy atom. The Balaban J connectivity index is 0. The van der Waals surface area contributed by atoms with Gasteiger partial charge in [-0.05, 0) is 49.1 Å². The highest BCUT2D eigenvalue weighted by Gasteiger charge is 2.08. The number of azide groups is 1. The van der Waals surface area contributed by atoms with Gasteiger partial charge in [0.1, 0.15) is 11.5 Å². The third-order valence-electron chi connectivity index (χ3n) is 2.73. The van der Waals surface area contributed by atoms with Crippen LogP contribution in [0.3, 0.4) is 0 Å². The molecule has 1 atom stereocenters. The van der Waals surface area contributed by atoms with Crippen molar-refractivity contribution >= 4 is 11.9 Å². The lowest BCUT2D eigenvalue weighted by molar-refractivity contribution is -0.137. The van der Waals surface area contributed by atoms with Gasteiger partial charge in [0.15, 0.2) is 0 Å². The van der Waals surface area contributed by atoms with Crippen LogP contribution < -0.4 is 0 Å². The summed E-state index contributed by atoms with van der Waals surface area (Å²) in [6.07, 6.45) is 13.4. The van der Waals surface area contributed by atoms with Crippen molar-refractivity contribution < 1.29 is 19.1 Å². The zero-order chi connectivity index (χ0) is 21.1. The number of ether oxygens (including phenoxy) is 2. The number of nitrogens with zero attached hydrogens (tertiary/aromatic N) is 3. The second-order valence-corrected chi connectivity index (χ2v) is 4.75. The summed E-state index contributed by atoms with van der Waals surface area (Å²) in [6, 6.07) is -0.163. The predicted molar refractivity (Wildman–Crippen MR) is 107 cm³/mol. The molecule has 7 nitrogen and oxygen atoms in total. The Labute approximate surface area is 162 Å². The molecule has 0 fully saturated rings. The summed E-state index contributed by atoms with van der Waals surface area (Å²) >= 11 is 0. The standard InChI is InChI=1S/C8H9N3O2.C8H10O2.2C2H6/c1-6(12)13-8-4-2-7(3-5-8)10-11-9;1-7(9)10-8-5-3-2-4-6-8;2*1-2/h2,4-5,7H,3H2,1H3;3,5-6H,2,4H2,1H3;2*1-2H3. The van der Waals surface area contributed by atoms with Gasteiger partial charge in [-0.3, -0.25) is 9.59 Å². The molecule has 0 spiro atoms. The zero-order valence-corrected chi connectivity index (χ0v) is 17.1. The maximum Gasteiger partial charge on any atom is 0.308 e. The normalized spacial score (nSPS) is 16.1. The third-order valence-corrected chi connectivity index (χ3v) is 2.73. The highest BCUT2D eigenvalue weighted by molar-refractivity contribution is 5.68. The lowest BCUT2D eigenvalue weighted by Crippen LogP contribution is -2.05. The first-order valence-corrected chi connectivity index (χ1v) is 9.17. The van der Waals surface area contributed by atoms with Crippen molar-refractivity contribution in [1.82, 2.24) is 0 Å². The molecule has 150 valence electrons. The van der Waals surface area contributed by atoms with Gasteiger partial charge in [0.25, 0.3) is 0 Å². The molecule has 1 unspecified atom stereocenters. The van der Waals surface area contributed by atoms with Crippen molar-refractivity contribution in [2.75, 3.05) is 0 Å². The average molecular weight is 377 g/mol. The molecule has 27 heavy (non-hydrogen) atoms. The van der Waals surface area contributed by atoms with Crippen LogP contribution in [0.25, 0.3) is 10.4 Å². The quantitative estimate of drug-likeness (QED) is 0.264. The summed E-state index contributed by atoms with van der Waals surface area (Å²) in [7, 11) is 0. The van der Waals surface area contributed by atoms with Gasteiger partial charge in [-0.25, -0.2) is 0 Å². The van der Waals surface area contributed by atoms with E-state index in [9.17, 15) is 9.59 Å². The number of carbonyl (C=O) groups is 2. The summed E-state index contributed by atoms with van der Waals surface area (Å²) in [4.78, 5) is 23.6. The minimum absolute atomic E-state index is 0.163. The van der Waals surface area contributed by atoms with Crippen LogP contribution in [-0.4, -0.2) is 18.0 Å². The maximum atomic E-state index is 10.5. The summed E-state index contributed by atoms with van der Waals surface area (Å²) in [5.41, 5.74) is 8.15. The fourth-order valence-electron chi connectivity index (χ4n) is 1.81. The first-order valence-electron chi connectivity index (χ1n) is 9.17. The van der Waals surface area contributed by atoms with Gasteiger partial charge < -0.3 is 9.47 Å². The number of hydrogen-bond acceptors (Lipinski definition) is 5. The van der Waals surface area contributed by atoms with Crippen molar-refractivity contribution in [2.45, 2.75) is 66.8 Å². The fourth-order valence-corrected chi connectivity index (χ4v) is 1.81. The second-order valence-electron chi connectivity index (χ2n) is 4.75. The Hall–Kier alpha value is -2.79.